The van der Waals surface area contributed by atoms with Crippen molar-refractivity contribution in [2.45, 2.75) is 6.42 Å². The zero-order chi connectivity index (χ0) is 17.9. The molecular formula is C20H17N3O3. The van der Waals surface area contributed by atoms with Gasteiger partial charge in [0, 0.05) is 24.5 Å². The third-order valence-corrected chi connectivity index (χ3v) is 4.21. The number of H-pyrrole nitrogens is 1. The van der Waals surface area contributed by atoms with Gasteiger partial charge in [-0.15, -0.1) is 0 Å². The molecule has 0 amide bonds. The summed E-state index contributed by atoms with van der Waals surface area (Å²) in [5, 5.41) is 13.1. The minimum absolute atomic E-state index is 0.308. The van der Waals surface area contributed by atoms with Crippen LogP contribution in [0.4, 0.5) is 5.69 Å². The van der Waals surface area contributed by atoms with E-state index in [9.17, 15) is 9.90 Å². The zero-order valence-corrected chi connectivity index (χ0v) is 13.9. The van der Waals surface area contributed by atoms with Gasteiger partial charge in [-0.2, -0.15) is 0 Å². The summed E-state index contributed by atoms with van der Waals surface area (Å²) in [5.74, 6) is -0.155. The first-order chi connectivity index (χ1) is 12.7. The highest BCUT2D eigenvalue weighted by Gasteiger charge is 2.06. The molecule has 130 valence electrons. The summed E-state index contributed by atoms with van der Waals surface area (Å²) in [6, 6.07) is 14.8. The quantitative estimate of drug-likeness (QED) is 0.514. The number of phenolic OH excluding ortho intramolecular Hbond substituents is 1. The number of pyridine rings is 1. The van der Waals surface area contributed by atoms with E-state index >= 15 is 0 Å². The predicted molar refractivity (Wildman–Crippen MR) is 100 cm³/mol. The van der Waals surface area contributed by atoms with E-state index in [1.165, 1.54) is 0 Å². The van der Waals surface area contributed by atoms with Gasteiger partial charge in [-0.25, -0.2) is 4.79 Å². The average molecular weight is 347 g/mol. The Morgan fingerprint density at radius 3 is 2.85 bits per heavy atom. The first-order valence-corrected chi connectivity index (χ1v) is 8.28. The maximum atomic E-state index is 11.3. The maximum Gasteiger partial charge on any atom is 0.417 e. The largest absolute Gasteiger partial charge is 0.508 e. The molecule has 4 rings (SSSR count). The molecule has 4 aromatic rings. The van der Waals surface area contributed by atoms with Gasteiger partial charge in [0.15, 0.2) is 5.58 Å². The standard InChI is InChI=1S/C20H17N3O3/c24-18-4-2-1-3-13(18)7-8-22-16-9-15(11-21-12-16)14-5-6-17-19(10-14)26-20(25)23-17/h1-6,9-12,22,24H,7-8H2,(H,23,25). The SMILES string of the molecule is O=c1[nH]c2ccc(-c3cncc(NCCc4ccccc4O)c3)cc2o1. The van der Waals surface area contributed by atoms with Crippen LogP contribution < -0.4 is 11.1 Å². The summed E-state index contributed by atoms with van der Waals surface area (Å²) in [4.78, 5) is 18.2. The number of fused-ring (bicyclic) bond motifs is 1. The molecule has 0 aliphatic rings. The van der Waals surface area contributed by atoms with Gasteiger partial charge in [0.2, 0.25) is 0 Å². The van der Waals surface area contributed by atoms with E-state index in [1.807, 2.05) is 42.5 Å². The molecule has 0 aliphatic carbocycles. The van der Waals surface area contributed by atoms with Crippen LogP contribution in [0.25, 0.3) is 22.2 Å². The number of aromatic hydroxyl groups is 1. The summed E-state index contributed by atoms with van der Waals surface area (Å²) >= 11 is 0. The summed E-state index contributed by atoms with van der Waals surface area (Å²) in [6.45, 7) is 0.675. The van der Waals surface area contributed by atoms with Crippen molar-refractivity contribution in [3.8, 4) is 16.9 Å². The molecule has 6 heteroatoms. The zero-order valence-electron chi connectivity index (χ0n) is 13.9. The molecule has 0 radical (unpaired) electrons. The average Bonchev–Trinajstić information content (AvgIpc) is 3.03. The number of para-hydroxylation sites is 1. The molecule has 0 bridgehead atoms. The van der Waals surface area contributed by atoms with Crippen molar-refractivity contribution < 1.29 is 9.52 Å². The van der Waals surface area contributed by atoms with Crippen LogP contribution in [0, 0.1) is 0 Å². The van der Waals surface area contributed by atoms with Crippen LogP contribution in [-0.4, -0.2) is 21.6 Å². The van der Waals surface area contributed by atoms with Crippen LogP contribution in [0.2, 0.25) is 0 Å². The van der Waals surface area contributed by atoms with E-state index in [0.29, 0.717) is 29.8 Å². The van der Waals surface area contributed by atoms with Crippen LogP contribution in [0.1, 0.15) is 5.56 Å². The van der Waals surface area contributed by atoms with Crippen LogP contribution in [0.15, 0.2) is 70.1 Å². The fraction of sp³-hybridized carbons (Fsp3) is 0.100. The van der Waals surface area contributed by atoms with E-state index < -0.39 is 5.76 Å². The van der Waals surface area contributed by atoms with Crippen LogP contribution in [-0.2, 0) is 6.42 Å². The molecule has 26 heavy (non-hydrogen) atoms. The number of phenols is 1. The number of nitrogens with zero attached hydrogens (tertiary/aromatic N) is 1. The van der Waals surface area contributed by atoms with Gasteiger partial charge in [-0.05, 0) is 41.8 Å². The van der Waals surface area contributed by atoms with Crippen molar-refractivity contribution in [1.29, 1.82) is 0 Å². The number of oxazole rings is 1. The number of aromatic amines is 1. The molecule has 2 heterocycles. The molecule has 2 aromatic heterocycles. The number of nitrogens with one attached hydrogen (secondary N) is 2. The maximum absolute atomic E-state index is 11.3. The van der Waals surface area contributed by atoms with Crippen molar-refractivity contribution in [3.05, 3.63) is 77.0 Å². The topological polar surface area (TPSA) is 91.2 Å². The van der Waals surface area contributed by atoms with Gasteiger partial charge < -0.3 is 14.8 Å². The molecule has 0 saturated carbocycles. The normalized spacial score (nSPS) is 10.9. The highest BCUT2D eigenvalue weighted by molar-refractivity contribution is 5.80. The number of hydrogen-bond acceptors (Lipinski definition) is 5. The third-order valence-electron chi connectivity index (χ3n) is 4.21. The van der Waals surface area contributed by atoms with Crippen molar-refractivity contribution >= 4 is 16.8 Å². The molecule has 0 unspecified atom stereocenters. The van der Waals surface area contributed by atoms with Gasteiger partial charge in [0.1, 0.15) is 5.75 Å². The minimum atomic E-state index is -0.463. The second-order valence-electron chi connectivity index (χ2n) is 5.99. The van der Waals surface area contributed by atoms with Crippen LogP contribution in [0.5, 0.6) is 5.75 Å². The Hall–Kier alpha value is -3.54. The number of aromatic nitrogens is 2. The fourth-order valence-corrected chi connectivity index (χ4v) is 2.88. The Morgan fingerprint density at radius 2 is 1.96 bits per heavy atom. The van der Waals surface area contributed by atoms with E-state index in [-0.39, 0.29) is 0 Å². The lowest BCUT2D eigenvalue weighted by molar-refractivity contribution is 0.468. The Kier molecular flexibility index (Phi) is 4.15. The highest BCUT2D eigenvalue weighted by Crippen LogP contribution is 2.25. The number of anilines is 1. The second-order valence-corrected chi connectivity index (χ2v) is 5.99. The fourth-order valence-electron chi connectivity index (χ4n) is 2.88. The van der Waals surface area contributed by atoms with E-state index in [1.54, 1.807) is 18.5 Å². The van der Waals surface area contributed by atoms with Gasteiger partial charge >= 0.3 is 5.76 Å². The van der Waals surface area contributed by atoms with Gasteiger partial charge in [-0.3, -0.25) is 9.97 Å². The van der Waals surface area contributed by atoms with Crippen molar-refractivity contribution in [3.63, 3.8) is 0 Å². The van der Waals surface area contributed by atoms with Crippen molar-refractivity contribution in [2.75, 3.05) is 11.9 Å². The Balaban J connectivity index is 1.50. The van der Waals surface area contributed by atoms with Crippen LogP contribution >= 0.6 is 0 Å². The molecule has 3 N–H and O–H groups in total. The monoisotopic (exact) mass is 347 g/mol. The number of rotatable bonds is 5. The van der Waals surface area contributed by atoms with E-state index in [4.69, 9.17) is 4.42 Å². The first kappa shape index (κ1) is 16.0. The molecule has 0 fully saturated rings. The number of benzene rings is 2. The Morgan fingerprint density at radius 1 is 1.08 bits per heavy atom. The Labute approximate surface area is 149 Å². The molecule has 0 spiro atoms. The van der Waals surface area contributed by atoms with Crippen molar-refractivity contribution in [1.82, 2.24) is 9.97 Å². The summed E-state index contributed by atoms with van der Waals surface area (Å²) in [6.07, 6.45) is 4.22. The highest BCUT2D eigenvalue weighted by atomic mass is 16.4. The molecule has 0 saturated heterocycles. The lowest BCUT2D eigenvalue weighted by Crippen LogP contribution is -2.05. The molecular weight excluding hydrogens is 330 g/mol. The predicted octanol–water partition coefficient (Wildman–Crippen LogP) is 3.54. The third kappa shape index (κ3) is 3.30. The minimum Gasteiger partial charge on any atom is -0.508 e. The van der Waals surface area contributed by atoms with E-state index in [0.717, 1.165) is 22.4 Å². The Bertz CT molecular complexity index is 1110. The lowest BCUT2D eigenvalue weighted by Gasteiger charge is -2.09. The summed E-state index contributed by atoms with van der Waals surface area (Å²) in [7, 11) is 0. The molecule has 2 aromatic carbocycles. The van der Waals surface area contributed by atoms with Gasteiger partial charge in [0.25, 0.3) is 0 Å². The molecule has 6 nitrogen and oxygen atoms in total. The second kappa shape index (κ2) is 6.76. The van der Waals surface area contributed by atoms with Crippen molar-refractivity contribution in [2.24, 2.45) is 0 Å². The van der Waals surface area contributed by atoms with Crippen LogP contribution in [0.3, 0.4) is 0 Å². The molecule has 0 atom stereocenters. The molecule has 0 aliphatic heterocycles. The lowest BCUT2D eigenvalue weighted by atomic mass is 10.1. The smallest absolute Gasteiger partial charge is 0.417 e. The number of hydrogen-bond donors (Lipinski definition) is 3. The summed E-state index contributed by atoms with van der Waals surface area (Å²) < 4.78 is 5.11. The van der Waals surface area contributed by atoms with E-state index in [2.05, 4.69) is 15.3 Å². The van der Waals surface area contributed by atoms with Gasteiger partial charge in [-0.1, -0.05) is 24.3 Å². The summed E-state index contributed by atoms with van der Waals surface area (Å²) in [5.41, 5.74) is 4.81. The first-order valence-electron chi connectivity index (χ1n) is 8.28. The van der Waals surface area contributed by atoms with Gasteiger partial charge in [0.05, 0.1) is 11.2 Å².